The van der Waals surface area contributed by atoms with Crippen LogP contribution in [0.4, 0.5) is 5.69 Å². The van der Waals surface area contributed by atoms with Gasteiger partial charge >= 0.3 is 0 Å². The van der Waals surface area contributed by atoms with E-state index in [-0.39, 0.29) is 24.5 Å². The molecular formula is C17H23N3O3. The zero-order valence-electron chi connectivity index (χ0n) is 13.8. The van der Waals surface area contributed by atoms with Gasteiger partial charge in [-0.15, -0.1) is 0 Å². The smallest absolute Gasteiger partial charge is 0.262 e. The molecule has 1 saturated heterocycles. The number of amides is 2. The fourth-order valence-electron chi connectivity index (χ4n) is 3.09. The normalized spacial score (nSPS) is 24.1. The van der Waals surface area contributed by atoms with Crippen molar-refractivity contribution in [2.45, 2.75) is 32.9 Å². The Labute approximate surface area is 136 Å². The summed E-state index contributed by atoms with van der Waals surface area (Å²) >= 11 is 0. The van der Waals surface area contributed by atoms with Gasteiger partial charge in [-0.1, -0.05) is 6.92 Å². The highest BCUT2D eigenvalue weighted by Gasteiger charge is 2.32. The Morgan fingerprint density at radius 1 is 1.39 bits per heavy atom. The third kappa shape index (κ3) is 3.32. The number of anilines is 1. The first-order valence-corrected chi connectivity index (χ1v) is 8.05. The molecule has 0 bridgehead atoms. The van der Waals surface area contributed by atoms with Crippen LogP contribution in [0.1, 0.15) is 31.1 Å². The molecule has 2 amide bonds. The molecule has 2 heterocycles. The van der Waals surface area contributed by atoms with Crippen LogP contribution in [0.2, 0.25) is 0 Å². The zero-order chi connectivity index (χ0) is 16.6. The number of rotatable bonds is 3. The minimum atomic E-state index is -0.202. The lowest BCUT2D eigenvalue weighted by Crippen LogP contribution is -2.40. The maximum Gasteiger partial charge on any atom is 0.262 e. The van der Waals surface area contributed by atoms with Gasteiger partial charge in [0.2, 0.25) is 0 Å². The molecule has 1 aromatic carbocycles. The van der Waals surface area contributed by atoms with Crippen LogP contribution in [0, 0.1) is 5.92 Å². The van der Waals surface area contributed by atoms with Crippen LogP contribution in [-0.2, 0) is 4.79 Å². The van der Waals surface area contributed by atoms with Crippen LogP contribution in [0.5, 0.6) is 5.75 Å². The summed E-state index contributed by atoms with van der Waals surface area (Å²) in [4.78, 5) is 26.3. The van der Waals surface area contributed by atoms with E-state index in [0.717, 1.165) is 13.1 Å². The average molecular weight is 317 g/mol. The molecule has 23 heavy (non-hydrogen) atoms. The van der Waals surface area contributed by atoms with Gasteiger partial charge in [-0.25, -0.2) is 0 Å². The summed E-state index contributed by atoms with van der Waals surface area (Å²) < 4.78 is 5.31. The number of hydrogen-bond donors (Lipinski definition) is 2. The van der Waals surface area contributed by atoms with E-state index in [1.165, 1.54) is 0 Å². The van der Waals surface area contributed by atoms with Crippen molar-refractivity contribution in [3.05, 3.63) is 23.8 Å². The van der Waals surface area contributed by atoms with E-state index in [4.69, 9.17) is 4.74 Å². The molecule has 0 saturated carbocycles. The first-order valence-electron chi connectivity index (χ1n) is 8.05. The van der Waals surface area contributed by atoms with E-state index >= 15 is 0 Å². The van der Waals surface area contributed by atoms with Crippen molar-refractivity contribution in [2.75, 3.05) is 25.0 Å². The quantitative estimate of drug-likeness (QED) is 0.886. The molecule has 2 atom stereocenters. The van der Waals surface area contributed by atoms with E-state index in [2.05, 4.69) is 36.3 Å². The number of benzene rings is 1. The van der Waals surface area contributed by atoms with Crippen LogP contribution >= 0.6 is 0 Å². The monoisotopic (exact) mass is 317 g/mol. The highest BCUT2D eigenvalue weighted by atomic mass is 16.5. The summed E-state index contributed by atoms with van der Waals surface area (Å²) in [6.45, 7) is 8.38. The molecule has 0 radical (unpaired) electrons. The van der Waals surface area contributed by atoms with Crippen molar-refractivity contribution >= 4 is 17.5 Å². The summed E-state index contributed by atoms with van der Waals surface area (Å²) in [6, 6.07) is 5.75. The molecule has 1 fully saturated rings. The van der Waals surface area contributed by atoms with E-state index in [1.54, 1.807) is 18.2 Å². The molecule has 3 rings (SSSR count). The van der Waals surface area contributed by atoms with E-state index in [1.807, 2.05) is 0 Å². The van der Waals surface area contributed by atoms with Gasteiger partial charge in [-0.3, -0.25) is 14.5 Å². The fourth-order valence-corrected chi connectivity index (χ4v) is 3.09. The van der Waals surface area contributed by atoms with Crippen molar-refractivity contribution in [3.8, 4) is 5.75 Å². The Kier molecular flexibility index (Phi) is 4.26. The fraction of sp³-hybridized carbons (Fsp3) is 0.529. The molecule has 2 N–H and O–H groups in total. The van der Waals surface area contributed by atoms with Gasteiger partial charge < -0.3 is 15.4 Å². The van der Waals surface area contributed by atoms with Gasteiger partial charge in [-0.05, 0) is 38.0 Å². The Bertz CT molecular complexity index is 630. The maximum atomic E-state index is 12.5. The Morgan fingerprint density at radius 3 is 2.87 bits per heavy atom. The third-order valence-corrected chi connectivity index (χ3v) is 4.56. The van der Waals surface area contributed by atoms with Crippen molar-refractivity contribution in [3.63, 3.8) is 0 Å². The highest BCUT2D eigenvalue weighted by Crippen LogP contribution is 2.28. The zero-order valence-corrected chi connectivity index (χ0v) is 13.8. The third-order valence-electron chi connectivity index (χ3n) is 4.56. The minimum Gasteiger partial charge on any atom is -0.482 e. The van der Waals surface area contributed by atoms with Crippen LogP contribution in [0.15, 0.2) is 18.2 Å². The molecule has 1 aromatic rings. The SMILES string of the molecule is CC(C)N1C[C@H](NC(=O)c2ccc3c(c2)NC(=O)CO3)[C@@H](C)C1. The van der Waals surface area contributed by atoms with Crippen molar-refractivity contribution in [2.24, 2.45) is 5.92 Å². The Balaban J connectivity index is 1.69. The number of nitrogens with zero attached hydrogens (tertiary/aromatic N) is 1. The minimum absolute atomic E-state index is 0.0170. The number of hydrogen-bond acceptors (Lipinski definition) is 4. The molecule has 6 heteroatoms. The van der Waals surface area contributed by atoms with Gasteiger partial charge in [0.25, 0.3) is 11.8 Å². The second-order valence-electron chi connectivity index (χ2n) is 6.65. The molecule has 0 spiro atoms. The first kappa shape index (κ1) is 15.8. The summed E-state index contributed by atoms with van der Waals surface area (Å²) in [5.41, 5.74) is 1.09. The van der Waals surface area contributed by atoms with Crippen LogP contribution < -0.4 is 15.4 Å². The first-order chi connectivity index (χ1) is 10.9. The van der Waals surface area contributed by atoms with Crippen molar-refractivity contribution < 1.29 is 14.3 Å². The van der Waals surface area contributed by atoms with E-state index in [0.29, 0.717) is 29.0 Å². The second kappa shape index (κ2) is 6.20. The summed E-state index contributed by atoms with van der Waals surface area (Å²) in [5.74, 6) is 0.700. The lowest BCUT2D eigenvalue weighted by molar-refractivity contribution is -0.118. The lowest BCUT2D eigenvalue weighted by atomic mass is 10.1. The van der Waals surface area contributed by atoms with Gasteiger partial charge in [-0.2, -0.15) is 0 Å². The van der Waals surface area contributed by atoms with E-state index < -0.39 is 0 Å². The molecule has 2 aliphatic rings. The number of nitrogens with one attached hydrogen (secondary N) is 2. The molecule has 0 aliphatic carbocycles. The second-order valence-corrected chi connectivity index (χ2v) is 6.65. The van der Waals surface area contributed by atoms with Crippen LogP contribution in [0.25, 0.3) is 0 Å². The predicted molar refractivity (Wildman–Crippen MR) is 87.7 cm³/mol. The van der Waals surface area contributed by atoms with Crippen molar-refractivity contribution in [1.82, 2.24) is 10.2 Å². The largest absolute Gasteiger partial charge is 0.482 e. The lowest BCUT2D eigenvalue weighted by Gasteiger charge is -2.21. The standard InChI is InChI=1S/C17H23N3O3/c1-10(2)20-7-11(3)14(8-20)19-17(22)12-4-5-15-13(6-12)18-16(21)9-23-15/h4-6,10-11,14H,7-9H2,1-3H3,(H,18,21)(H,19,22)/t11-,14-/m0/s1. The Morgan fingerprint density at radius 2 is 2.17 bits per heavy atom. The molecule has 6 nitrogen and oxygen atoms in total. The molecule has 124 valence electrons. The number of likely N-dealkylation sites (tertiary alicyclic amines) is 1. The number of carbonyl (C=O) groups is 2. The number of carbonyl (C=O) groups excluding carboxylic acids is 2. The van der Waals surface area contributed by atoms with Crippen molar-refractivity contribution in [1.29, 1.82) is 0 Å². The van der Waals surface area contributed by atoms with Crippen LogP contribution in [0.3, 0.4) is 0 Å². The van der Waals surface area contributed by atoms with Gasteiger partial charge in [0.15, 0.2) is 6.61 Å². The summed E-state index contributed by atoms with van der Waals surface area (Å²) in [5, 5.41) is 5.84. The molecule has 0 unspecified atom stereocenters. The highest BCUT2D eigenvalue weighted by molar-refractivity contribution is 5.99. The van der Waals surface area contributed by atoms with Gasteiger partial charge in [0.05, 0.1) is 5.69 Å². The van der Waals surface area contributed by atoms with E-state index in [9.17, 15) is 9.59 Å². The number of fused-ring (bicyclic) bond motifs is 1. The molecule has 2 aliphatic heterocycles. The Hall–Kier alpha value is -2.08. The maximum absolute atomic E-state index is 12.5. The van der Waals surface area contributed by atoms with Gasteiger partial charge in [0.1, 0.15) is 5.75 Å². The molecular weight excluding hydrogens is 294 g/mol. The summed E-state index contributed by atoms with van der Waals surface area (Å²) in [7, 11) is 0. The summed E-state index contributed by atoms with van der Waals surface area (Å²) in [6.07, 6.45) is 0. The average Bonchev–Trinajstić information content (AvgIpc) is 2.87. The van der Waals surface area contributed by atoms with Gasteiger partial charge in [0, 0.05) is 30.7 Å². The molecule has 0 aromatic heterocycles. The van der Waals surface area contributed by atoms with Crippen LogP contribution in [-0.4, -0.2) is 48.5 Å². The topological polar surface area (TPSA) is 70.7 Å². The predicted octanol–water partition coefficient (Wildman–Crippen LogP) is 1.48. The number of ether oxygens (including phenoxy) is 1.